The normalized spacial score (nSPS) is 11.0. The second-order valence-electron chi connectivity index (χ2n) is 6.61. The number of nitrogens with zero attached hydrogens (tertiary/aromatic N) is 3. The lowest BCUT2D eigenvalue weighted by Crippen LogP contribution is -2.35. The minimum atomic E-state index is -0.663. The van der Waals surface area contributed by atoms with Crippen molar-refractivity contribution in [1.82, 2.24) is 19.7 Å². The van der Waals surface area contributed by atoms with Crippen LogP contribution in [0.3, 0.4) is 0 Å². The quantitative estimate of drug-likeness (QED) is 0.487. The molecule has 0 saturated heterocycles. The van der Waals surface area contributed by atoms with Gasteiger partial charge in [-0.15, -0.1) is 0 Å². The molecular weight excluding hydrogens is 388 g/mol. The summed E-state index contributed by atoms with van der Waals surface area (Å²) in [7, 11) is 3.16. The summed E-state index contributed by atoms with van der Waals surface area (Å²) in [5, 5.41) is 4.05. The highest BCUT2D eigenvalue weighted by Gasteiger charge is 2.13. The Morgan fingerprint density at radius 1 is 1.07 bits per heavy atom. The fraction of sp³-hybridized carbons (Fsp3) is 0.238. The van der Waals surface area contributed by atoms with E-state index in [1.54, 1.807) is 32.4 Å². The van der Waals surface area contributed by atoms with Gasteiger partial charge in [0.1, 0.15) is 0 Å². The molecule has 4 aromatic rings. The molecule has 0 atom stereocenters. The van der Waals surface area contributed by atoms with E-state index in [0.29, 0.717) is 52.8 Å². The van der Waals surface area contributed by atoms with Crippen LogP contribution in [0.1, 0.15) is 18.4 Å². The maximum absolute atomic E-state index is 12.0. The van der Waals surface area contributed by atoms with Gasteiger partial charge in [-0.25, -0.2) is 0 Å². The van der Waals surface area contributed by atoms with E-state index in [9.17, 15) is 9.59 Å². The van der Waals surface area contributed by atoms with E-state index < -0.39 is 11.1 Å². The number of rotatable bonds is 6. The van der Waals surface area contributed by atoms with Gasteiger partial charge in [0, 0.05) is 12.1 Å². The first-order chi connectivity index (χ1) is 14.5. The van der Waals surface area contributed by atoms with Gasteiger partial charge in [0.25, 0.3) is 0 Å². The Labute approximate surface area is 170 Å². The lowest BCUT2D eigenvalue weighted by molar-refractivity contribution is 0.354. The molecule has 0 aliphatic carbocycles. The van der Waals surface area contributed by atoms with Crippen LogP contribution in [0, 0.1) is 0 Å². The van der Waals surface area contributed by atoms with E-state index in [2.05, 4.69) is 15.1 Å². The Balaban J connectivity index is 1.65. The van der Waals surface area contributed by atoms with Crippen LogP contribution in [0.15, 0.2) is 50.5 Å². The molecule has 2 aromatic carbocycles. The van der Waals surface area contributed by atoms with Crippen LogP contribution < -0.4 is 20.6 Å². The standard InChI is InChI=1S/C21H20N4O5/c1-4-25-15-7-6-13(11-14(15)22-20(26)21(25)27)19-23-18(30-24-19)10-12-5-8-16(28-2)17(9-12)29-3/h5-9,11H,4,10H2,1-3H3,(H,22,26). The average molecular weight is 408 g/mol. The molecule has 4 rings (SSSR count). The topological polar surface area (TPSA) is 112 Å². The second-order valence-corrected chi connectivity index (χ2v) is 6.61. The monoisotopic (exact) mass is 408 g/mol. The molecule has 0 bridgehead atoms. The number of H-pyrrole nitrogens is 1. The molecule has 2 aromatic heterocycles. The van der Waals surface area contributed by atoms with Crippen LogP contribution in [-0.4, -0.2) is 33.9 Å². The predicted octanol–water partition coefficient (Wildman–Crippen LogP) is 2.37. The maximum Gasteiger partial charge on any atom is 0.316 e. The first-order valence-electron chi connectivity index (χ1n) is 9.34. The van der Waals surface area contributed by atoms with Crippen molar-refractivity contribution >= 4 is 11.0 Å². The first kappa shape index (κ1) is 19.4. The highest BCUT2D eigenvalue weighted by Crippen LogP contribution is 2.28. The Bertz CT molecular complexity index is 1340. The van der Waals surface area contributed by atoms with Gasteiger partial charge < -0.3 is 23.5 Å². The molecule has 0 amide bonds. The lowest BCUT2D eigenvalue weighted by Gasteiger charge is -2.08. The molecule has 1 N–H and O–H groups in total. The SMILES string of the molecule is CCn1c(=O)c(=O)[nH]c2cc(-c3noc(Cc4ccc(OC)c(OC)c4)n3)ccc21. The zero-order chi connectivity index (χ0) is 21.3. The van der Waals surface area contributed by atoms with E-state index in [-0.39, 0.29) is 0 Å². The van der Waals surface area contributed by atoms with E-state index in [1.165, 1.54) is 4.57 Å². The summed E-state index contributed by atoms with van der Waals surface area (Å²) in [6.07, 6.45) is 0.424. The average Bonchev–Trinajstić information content (AvgIpc) is 3.22. The van der Waals surface area contributed by atoms with Crippen molar-refractivity contribution in [2.45, 2.75) is 19.9 Å². The van der Waals surface area contributed by atoms with Crippen molar-refractivity contribution in [2.24, 2.45) is 0 Å². The van der Waals surface area contributed by atoms with E-state index >= 15 is 0 Å². The van der Waals surface area contributed by atoms with Gasteiger partial charge >= 0.3 is 11.1 Å². The third-order valence-corrected chi connectivity index (χ3v) is 4.82. The second kappa shape index (κ2) is 7.86. The molecule has 0 spiro atoms. The minimum Gasteiger partial charge on any atom is -0.493 e. The maximum atomic E-state index is 12.0. The van der Waals surface area contributed by atoms with E-state index in [0.717, 1.165) is 5.56 Å². The van der Waals surface area contributed by atoms with Crippen LogP contribution in [-0.2, 0) is 13.0 Å². The molecule has 0 unspecified atom stereocenters. The Hall–Kier alpha value is -3.88. The van der Waals surface area contributed by atoms with Gasteiger partial charge in [0.2, 0.25) is 11.7 Å². The summed E-state index contributed by atoms with van der Waals surface area (Å²) in [6.45, 7) is 2.21. The van der Waals surface area contributed by atoms with Crippen LogP contribution in [0.25, 0.3) is 22.4 Å². The van der Waals surface area contributed by atoms with Gasteiger partial charge in [-0.05, 0) is 42.8 Å². The van der Waals surface area contributed by atoms with Crippen molar-refractivity contribution in [2.75, 3.05) is 14.2 Å². The van der Waals surface area contributed by atoms with E-state index in [4.69, 9.17) is 14.0 Å². The molecule has 0 fully saturated rings. The summed E-state index contributed by atoms with van der Waals surface area (Å²) < 4.78 is 17.4. The smallest absolute Gasteiger partial charge is 0.316 e. The summed E-state index contributed by atoms with van der Waals surface area (Å²) in [5.41, 5.74) is 1.53. The molecule has 0 radical (unpaired) electrons. The number of methoxy groups -OCH3 is 2. The number of aromatic nitrogens is 4. The van der Waals surface area contributed by atoms with Gasteiger partial charge in [0.05, 0.1) is 31.7 Å². The summed E-state index contributed by atoms with van der Waals surface area (Å²) in [4.78, 5) is 31.0. The zero-order valence-corrected chi connectivity index (χ0v) is 16.8. The number of fused-ring (bicyclic) bond motifs is 1. The van der Waals surface area contributed by atoms with Crippen molar-refractivity contribution in [3.05, 3.63) is 68.6 Å². The molecular formula is C21H20N4O5. The molecule has 0 saturated carbocycles. The van der Waals surface area contributed by atoms with Gasteiger partial charge in [-0.1, -0.05) is 11.2 Å². The van der Waals surface area contributed by atoms with Crippen LogP contribution in [0.4, 0.5) is 0 Å². The Morgan fingerprint density at radius 2 is 1.87 bits per heavy atom. The van der Waals surface area contributed by atoms with Crippen molar-refractivity contribution in [3.8, 4) is 22.9 Å². The third kappa shape index (κ3) is 3.45. The van der Waals surface area contributed by atoms with Crippen LogP contribution in [0.5, 0.6) is 11.5 Å². The van der Waals surface area contributed by atoms with E-state index in [1.807, 2.05) is 25.1 Å². The number of nitrogens with one attached hydrogen (secondary N) is 1. The van der Waals surface area contributed by atoms with Crippen LogP contribution in [0.2, 0.25) is 0 Å². The number of ether oxygens (including phenoxy) is 2. The number of hydrogen-bond acceptors (Lipinski definition) is 7. The molecule has 0 aliphatic heterocycles. The molecule has 9 nitrogen and oxygen atoms in total. The number of hydrogen-bond donors (Lipinski definition) is 1. The largest absolute Gasteiger partial charge is 0.493 e. The van der Waals surface area contributed by atoms with Gasteiger partial charge in [-0.3, -0.25) is 9.59 Å². The summed E-state index contributed by atoms with van der Waals surface area (Å²) in [6, 6.07) is 10.8. The van der Waals surface area contributed by atoms with Crippen molar-refractivity contribution in [3.63, 3.8) is 0 Å². The molecule has 2 heterocycles. The lowest BCUT2D eigenvalue weighted by atomic mass is 10.1. The highest BCUT2D eigenvalue weighted by molar-refractivity contribution is 5.80. The molecule has 0 aliphatic rings. The molecule has 154 valence electrons. The zero-order valence-electron chi connectivity index (χ0n) is 16.8. The predicted molar refractivity (Wildman–Crippen MR) is 110 cm³/mol. The fourth-order valence-electron chi connectivity index (χ4n) is 3.34. The van der Waals surface area contributed by atoms with Gasteiger partial charge in [-0.2, -0.15) is 4.98 Å². The van der Waals surface area contributed by atoms with Crippen LogP contribution >= 0.6 is 0 Å². The number of benzene rings is 2. The first-order valence-corrected chi connectivity index (χ1v) is 9.34. The fourth-order valence-corrected chi connectivity index (χ4v) is 3.34. The highest BCUT2D eigenvalue weighted by atomic mass is 16.5. The Morgan fingerprint density at radius 3 is 2.60 bits per heavy atom. The van der Waals surface area contributed by atoms with Crippen molar-refractivity contribution in [1.29, 1.82) is 0 Å². The van der Waals surface area contributed by atoms with Gasteiger partial charge in [0.15, 0.2) is 11.5 Å². The Kier molecular flexibility index (Phi) is 5.09. The third-order valence-electron chi connectivity index (χ3n) is 4.82. The number of aromatic amines is 1. The summed E-state index contributed by atoms with van der Waals surface area (Å²) in [5.74, 6) is 2.09. The summed E-state index contributed by atoms with van der Waals surface area (Å²) >= 11 is 0. The number of aryl methyl sites for hydroxylation is 1. The van der Waals surface area contributed by atoms with Crippen molar-refractivity contribution < 1.29 is 14.0 Å². The molecule has 30 heavy (non-hydrogen) atoms. The molecule has 9 heteroatoms. The minimum absolute atomic E-state index is 0.391.